The molecule has 0 aliphatic carbocycles. The van der Waals surface area contributed by atoms with Gasteiger partial charge in [-0.05, 0) is 42.3 Å². The molecule has 2 nitrogen and oxygen atoms in total. The third kappa shape index (κ3) is 2.51. The molecule has 5 heteroatoms. The summed E-state index contributed by atoms with van der Waals surface area (Å²) in [6.45, 7) is 1.92. The number of nitrogens with zero attached hydrogens (tertiary/aromatic N) is 1. The number of hydrogen-bond acceptors (Lipinski definition) is 1. The van der Waals surface area contributed by atoms with E-state index in [1.54, 1.807) is 24.4 Å². The van der Waals surface area contributed by atoms with Crippen molar-refractivity contribution < 1.29 is 13.2 Å². The molecule has 0 fully saturated rings. The van der Waals surface area contributed by atoms with E-state index in [9.17, 15) is 13.2 Å². The van der Waals surface area contributed by atoms with Crippen LogP contribution in [0.1, 0.15) is 18.1 Å². The van der Waals surface area contributed by atoms with Crippen LogP contribution in [0.2, 0.25) is 0 Å². The molecular formula is C16H13F3N2. The molecule has 0 saturated heterocycles. The normalized spacial score (nSPS) is 12.0. The first-order chi connectivity index (χ1) is 9.99. The molecule has 3 rings (SSSR count). The second-order valence-corrected chi connectivity index (χ2v) is 4.86. The fourth-order valence-corrected chi connectivity index (χ4v) is 2.38. The molecular weight excluding hydrogens is 277 g/mol. The van der Waals surface area contributed by atoms with Crippen molar-refractivity contribution in [3.05, 3.63) is 53.7 Å². The number of alkyl halides is 3. The monoisotopic (exact) mass is 290 g/mol. The Balaban J connectivity index is 2.23. The van der Waals surface area contributed by atoms with Crippen molar-refractivity contribution in [1.82, 2.24) is 9.97 Å². The van der Waals surface area contributed by atoms with E-state index >= 15 is 0 Å². The van der Waals surface area contributed by atoms with Gasteiger partial charge in [-0.25, -0.2) is 4.98 Å². The summed E-state index contributed by atoms with van der Waals surface area (Å²) >= 11 is 0. The predicted molar refractivity (Wildman–Crippen MR) is 75.9 cm³/mol. The highest BCUT2D eigenvalue weighted by molar-refractivity contribution is 5.83. The zero-order valence-electron chi connectivity index (χ0n) is 11.3. The Bertz CT molecular complexity index is 755. The van der Waals surface area contributed by atoms with Crippen LogP contribution in [0.25, 0.3) is 22.3 Å². The number of aromatic nitrogens is 2. The highest BCUT2D eigenvalue weighted by Gasteiger charge is 2.34. The highest BCUT2D eigenvalue weighted by atomic mass is 19.4. The largest absolute Gasteiger partial charge is 0.417 e. The lowest BCUT2D eigenvalue weighted by Crippen LogP contribution is -2.07. The second-order valence-electron chi connectivity index (χ2n) is 4.86. The molecule has 0 aliphatic rings. The number of aromatic amines is 1. The van der Waals surface area contributed by atoms with Gasteiger partial charge in [-0.3, -0.25) is 0 Å². The van der Waals surface area contributed by atoms with E-state index in [0.29, 0.717) is 17.8 Å². The Hall–Kier alpha value is -2.30. The van der Waals surface area contributed by atoms with Crippen LogP contribution in [0, 0.1) is 0 Å². The van der Waals surface area contributed by atoms with E-state index in [1.165, 1.54) is 6.07 Å². The number of benzene rings is 1. The standard InChI is InChI=1S/C16H13F3N2/c1-2-10-5-6-13(16(17,18)19)12(8-10)14-9-11-4-3-7-20-15(11)21-14/h3-9H,2H2,1H3,(H,20,21). The van der Waals surface area contributed by atoms with Gasteiger partial charge >= 0.3 is 6.18 Å². The summed E-state index contributed by atoms with van der Waals surface area (Å²) in [5, 5.41) is 0.794. The quantitative estimate of drug-likeness (QED) is 0.720. The molecule has 0 amide bonds. The molecule has 3 aromatic rings. The molecule has 0 spiro atoms. The molecule has 1 N–H and O–H groups in total. The van der Waals surface area contributed by atoms with Crippen LogP contribution in [-0.4, -0.2) is 9.97 Å². The molecule has 2 heterocycles. The third-order valence-corrected chi connectivity index (χ3v) is 3.48. The van der Waals surface area contributed by atoms with Gasteiger partial charge in [0.05, 0.1) is 5.56 Å². The van der Waals surface area contributed by atoms with Gasteiger partial charge in [0.25, 0.3) is 0 Å². The molecule has 21 heavy (non-hydrogen) atoms. The van der Waals surface area contributed by atoms with Crippen molar-refractivity contribution in [3.8, 4) is 11.3 Å². The Morgan fingerprint density at radius 1 is 1.14 bits per heavy atom. The van der Waals surface area contributed by atoms with Crippen LogP contribution in [-0.2, 0) is 12.6 Å². The van der Waals surface area contributed by atoms with Crippen molar-refractivity contribution in [1.29, 1.82) is 0 Å². The van der Waals surface area contributed by atoms with Crippen LogP contribution in [0.4, 0.5) is 13.2 Å². The van der Waals surface area contributed by atoms with Gasteiger partial charge in [0.15, 0.2) is 0 Å². The lowest BCUT2D eigenvalue weighted by molar-refractivity contribution is -0.137. The van der Waals surface area contributed by atoms with Crippen LogP contribution in [0.5, 0.6) is 0 Å². The first kappa shape index (κ1) is 13.7. The third-order valence-electron chi connectivity index (χ3n) is 3.48. The van der Waals surface area contributed by atoms with Gasteiger partial charge in [-0.1, -0.05) is 13.0 Å². The number of aryl methyl sites for hydroxylation is 1. The summed E-state index contributed by atoms with van der Waals surface area (Å²) < 4.78 is 39.6. The van der Waals surface area contributed by atoms with Gasteiger partial charge in [0.2, 0.25) is 0 Å². The molecule has 0 atom stereocenters. The average Bonchev–Trinajstić information content (AvgIpc) is 2.89. The predicted octanol–water partition coefficient (Wildman–Crippen LogP) is 4.81. The van der Waals surface area contributed by atoms with Crippen LogP contribution in [0.3, 0.4) is 0 Å². The van der Waals surface area contributed by atoms with Crippen molar-refractivity contribution in [2.75, 3.05) is 0 Å². The molecule has 2 aromatic heterocycles. The van der Waals surface area contributed by atoms with E-state index in [2.05, 4.69) is 9.97 Å². The Labute approximate surface area is 119 Å². The average molecular weight is 290 g/mol. The van der Waals surface area contributed by atoms with E-state index in [-0.39, 0.29) is 5.56 Å². The van der Waals surface area contributed by atoms with Gasteiger partial charge in [0, 0.05) is 22.8 Å². The number of fused-ring (bicyclic) bond motifs is 1. The van der Waals surface area contributed by atoms with Crippen LogP contribution >= 0.6 is 0 Å². The van der Waals surface area contributed by atoms with Gasteiger partial charge in [-0.2, -0.15) is 13.2 Å². The fourth-order valence-electron chi connectivity index (χ4n) is 2.38. The van der Waals surface area contributed by atoms with E-state index in [0.717, 1.165) is 17.0 Å². The van der Waals surface area contributed by atoms with Gasteiger partial charge < -0.3 is 4.98 Å². The molecule has 0 aliphatic heterocycles. The number of pyridine rings is 1. The lowest BCUT2D eigenvalue weighted by Gasteiger charge is -2.13. The number of nitrogens with one attached hydrogen (secondary N) is 1. The Kier molecular flexibility index (Phi) is 3.20. The van der Waals surface area contributed by atoms with E-state index in [4.69, 9.17) is 0 Å². The molecule has 0 bridgehead atoms. The second kappa shape index (κ2) is 4.91. The smallest absolute Gasteiger partial charge is 0.339 e. The maximum atomic E-state index is 13.2. The van der Waals surface area contributed by atoms with Crippen LogP contribution < -0.4 is 0 Å². The minimum absolute atomic E-state index is 0.167. The SMILES string of the molecule is CCc1ccc(C(F)(F)F)c(-c2cc3cccnc3[nH]2)c1. The summed E-state index contributed by atoms with van der Waals surface area (Å²) in [6, 6.07) is 9.53. The summed E-state index contributed by atoms with van der Waals surface area (Å²) in [4.78, 5) is 7.09. The summed E-state index contributed by atoms with van der Waals surface area (Å²) in [6.07, 6.45) is -2.09. The highest BCUT2D eigenvalue weighted by Crippen LogP contribution is 2.38. The van der Waals surface area contributed by atoms with Gasteiger partial charge in [0.1, 0.15) is 5.65 Å². The minimum atomic E-state index is -4.38. The maximum absolute atomic E-state index is 13.2. The number of H-pyrrole nitrogens is 1. The first-order valence-electron chi connectivity index (χ1n) is 6.63. The molecule has 0 saturated carbocycles. The summed E-state index contributed by atoms with van der Waals surface area (Å²) in [5.74, 6) is 0. The molecule has 0 unspecified atom stereocenters. The topological polar surface area (TPSA) is 28.7 Å². The van der Waals surface area contributed by atoms with E-state index < -0.39 is 11.7 Å². The van der Waals surface area contributed by atoms with Crippen molar-refractivity contribution in [2.45, 2.75) is 19.5 Å². The first-order valence-corrected chi connectivity index (χ1v) is 6.63. The fraction of sp³-hybridized carbons (Fsp3) is 0.188. The van der Waals surface area contributed by atoms with E-state index in [1.807, 2.05) is 13.0 Å². The number of rotatable bonds is 2. The lowest BCUT2D eigenvalue weighted by atomic mass is 9.99. The number of halogens is 3. The zero-order chi connectivity index (χ0) is 15.0. The van der Waals surface area contributed by atoms with Gasteiger partial charge in [-0.15, -0.1) is 0 Å². The molecule has 0 radical (unpaired) electrons. The maximum Gasteiger partial charge on any atom is 0.417 e. The minimum Gasteiger partial charge on any atom is -0.339 e. The zero-order valence-corrected chi connectivity index (χ0v) is 11.3. The van der Waals surface area contributed by atoms with Crippen molar-refractivity contribution in [2.24, 2.45) is 0 Å². The Morgan fingerprint density at radius 3 is 2.62 bits per heavy atom. The number of hydrogen-bond donors (Lipinski definition) is 1. The van der Waals surface area contributed by atoms with Crippen LogP contribution in [0.15, 0.2) is 42.6 Å². The van der Waals surface area contributed by atoms with Crippen molar-refractivity contribution >= 4 is 11.0 Å². The summed E-state index contributed by atoms with van der Waals surface area (Å²) in [5.41, 5.74) is 1.42. The molecule has 108 valence electrons. The Morgan fingerprint density at radius 2 is 1.95 bits per heavy atom. The molecule has 1 aromatic carbocycles. The van der Waals surface area contributed by atoms with Crippen molar-refractivity contribution in [3.63, 3.8) is 0 Å². The summed E-state index contributed by atoms with van der Waals surface area (Å²) in [7, 11) is 0.